The van der Waals surface area contributed by atoms with Crippen LogP contribution in [0.3, 0.4) is 0 Å². The van der Waals surface area contributed by atoms with Crippen molar-refractivity contribution in [2.24, 2.45) is 0 Å². The summed E-state index contributed by atoms with van der Waals surface area (Å²) in [5, 5.41) is 31.9. The van der Waals surface area contributed by atoms with E-state index in [0.717, 1.165) is 77.0 Å². The van der Waals surface area contributed by atoms with Gasteiger partial charge in [-0.1, -0.05) is 167 Å². The Morgan fingerprint density at radius 3 is 1.25 bits per heavy atom. The number of ether oxygens (including phenoxy) is 2. The van der Waals surface area contributed by atoms with E-state index in [2.05, 4.69) is 35.0 Å². The van der Waals surface area contributed by atoms with Crippen LogP contribution in [0.5, 0.6) is 0 Å². The lowest BCUT2D eigenvalue weighted by Gasteiger charge is -2.44. The molecule has 1 aliphatic carbocycles. The molecule has 0 aromatic heterocycles. The second-order valence-electron chi connectivity index (χ2n) is 17.8. The third-order valence-electron chi connectivity index (χ3n) is 11.6. The summed E-state index contributed by atoms with van der Waals surface area (Å²) in [7, 11) is -16.6. The molecule has 0 aromatic rings. The molecule has 19 nitrogen and oxygen atoms in total. The number of esters is 2. The first-order valence-corrected chi connectivity index (χ1v) is 29.5. The second-order valence-corrected chi connectivity index (χ2v) is 21.5. The van der Waals surface area contributed by atoms with Gasteiger partial charge < -0.3 is 49.3 Å². The minimum absolute atomic E-state index is 0.00295. The average Bonchev–Trinajstić information content (AvgIpc) is 3.25. The number of unbranched alkanes of at least 4 members (excludes halogenated alkanes) is 25. The van der Waals surface area contributed by atoms with Crippen molar-refractivity contribution in [2.45, 2.75) is 249 Å². The van der Waals surface area contributed by atoms with Crippen molar-refractivity contribution in [3.63, 3.8) is 0 Å². The summed E-state index contributed by atoms with van der Waals surface area (Å²) in [6.45, 7) is 2.95. The second kappa shape index (κ2) is 37.6. The lowest BCUT2D eigenvalue weighted by molar-refractivity contribution is -0.213. The summed E-state index contributed by atoms with van der Waals surface area (Å²) in [6.07, 6.45) is 19.3. The number of carbonyl (C=O) groups excluding carboxylic acids is 2. The van der Waals surface area contributed by atoms with E-state index in [1.807, 2.05) is 0 Å². The quantitative estimate of drug-likeness (QED) is 0.0122. The Morgan fingerprint density at radius 1 is 0.463 bits per heavy atom. The van der Waals surface area contributed by atoms with E-state index in [-0.39, 0.29) is 12.8 Å². The fourth-order valence-corrected chi connectivity index (χ4v) is 9.91. The molecule has 67 heavy (non-hydrogen) atoms. The highest BCUT2D eigenvalue weighted by Crippen LogP contribution is 2.51. The van der Waals surface area contributed by atoms with Crippen molar-refractivity contribution in [1.82, 2.24) is 0 Å². The van der Waals surface area contributed by atoms with Gasteiger partial charge in [0.05, 0.1) is 6.61 Å². The number of aliphatic hydroxyl groups is 3. The van der Waals surface area contributed by atoms with E-state index in [4.69, 9.17) is 18.5 Å². The predicted octanol–water partition coefficient (Wildman–Crippen LogP) is 9.29. The molecule has 0 aromatic carbocycles. The van der Waals surface area contributed by atoms with Gasteiger partial charge in [0.15, 0.2) is 6.10 Å². The molecule has 8 atom stereocenters. The molecule has 1 saturated carbocycles. The fraction of sp³-hybridized carbons (Fsp3) is 0.911. The molecule has 396 valence electrons. The molecule has 0 spiro atoms. The fourth-order valence-electron chi connectivity index (χ4n) is 7.81. The predicted molar refractivity (Wildman–Crippen MR) is 252 cm³/mol. The van der Waals surface area contributed by atoms with E-state index in [9.17, 15) is 63.1 Å². The first-order valence-electron chi connectivity index (χ1n) is 25.0. The molecular weight excluding hydrogens is 937 g/mol. The van der Waals surface area contributed by atoms with Crippen molar-refractivity contribution in [1.29, 1.82) is 0 Å². The Labute approximate surface area is 399 Å². The molecular formula is C45H87O19P3. The topological polar surface area (TPSA) is 303 Å². The van der Waals surface area contributed by atoms with Crippen molar-refractivity contribution >= 4 is 35.4 Å². The van der Waals surface area contributed by atoms with Gasteiger partial charge in [0, 0.05) is 12.8 Å². The SMILES string of the molecule is CCCCCCC=CCCCCCCCCCC(=O)OCC(COP(=O)(O)OC1C(O)C(O)C(OP(=O)(O)O)C(OP(=O)(O)O)C1O)OC(=O)CCCCCCCCCCCCCCCCC. The number of aliphatic hydroxyl groups excluding tert-OH is 3. The molecule has 0 amide bonds. The van der Waals surface area contributed by atoms with Crippen LogP contribution in [-0.2, 0) is 50.9 Å². The van der Waals surface area contributed by atoms with Gasteiger partial charge in [0.25, 0.3) is 0 Å². The Bertz CT molecular complexity index is 1460. The first kappa shape index (κ1) is 63.9. The van der Waals surface area contributed by atoms with E-state index in [0.29, 0.717) is 12.8 Å². The number of phosphoric acid groups is 3. The Hall–Kier alpha value is -1.11. The zero-order valence-corrected chi connectivity index (χ0v) is 42.9. The van der Waals surface area contributed by atoms with Crippen LogP contribution in [0.4, 0.5) is 0 Å². The van der Waals surface area contributed by atoms with Gasteiger partial charge in [-0.25, -0.2) is 13.7 Å². The highest BCUT2D eigenvalue weighted by atomic mass is 31.2. The minimum Gasteiger partial charge on any atom is -0.462 e. The maximum absolute atomic E-state index is 13.1. The summed E-state index contributed by atoms with van der Waals surface area (Å²) in [5.41, 5.74) is 0. The minimum atomic E-state index is -5.60. The first-order chi connectivity index (χ1) is 31.8. The van der Waals surface area contributed by atoms with E-state index in [1.165, 1.54) is 89.9 Å². The largest absolute Gasteiger partial charge is 0.472 e. The average molecular weight is 1030 g/mol. The number of carbonyl (C=O) groups is 2. The van der Waals surface area contributed by atoms with Gasteiger partial charge in [0.2, 0.25) is 0 Å². The van der Waals surface area contributed by atoms with Crippen LogP contribution in [0.2, 0.25) is 0 Å². The van der Waals surface area contributed by atoms with Gasteiger partial charge in [-0.05, 0) is 38.5 Å². The lowest BCUT2D eigenvalue weighted by Crippen LogP contribution is -2.65. The number of hydrogen-bond acceptors (Lipinski definition) is 14. The number of rotatable bonds is 43. The van der Waals surface area contributed by atoms with Crippen LogP contribution < -0.4 is 0 Å². The zero-order chi connectivity index (χ0) is 50.0. The molecule has 0 bridgehead atoms. The summed E-state index contributed by atoms with van der Waals surface area (Å²) in [4.78, 5) is 73.3. The van der Waals surface area contributed by atoms with Crippen molar-refractivity contribution < 1.29 is 90.6 Å². The zero-order valence-electron chi connectivity index (χ0n) is 40.2. The molecule has 1 rings (SSSR count). The van der Waals surface area contributed by atoms with Crippen LogP contribution in [0.25, 0.3) is 0 Å². The van der Waals surface area contributed by atoms with Crippen molar-refractivity contribution in [2.75, 3.05) is 13.2 Å². The van der Waals surface area contributed by atoms with Gasteiger partial charge in [-0.2, -0.15) is 0 Å². The molecule has 0 saturated heterocycles. The highest BCUT2D eigenvalue weighted by molar-refractivity contribution is 7.47. The van der Waals surface area contributed by atoms with E-state index < -0.39 is 91.3 Å². The summed E-state index contributed by atoms with van der Waals surface area (Å²) in [5.74, 6) is -1.29. The maximum Gasteiger partial charge on any atom is 0.472 e. The molecule has 1 fully saturated rings. The van der Waals surface area contributed by atoms with Gasteiger partial charge in [-0.3, -0.25) is 27.7 Å². The summed E-state index contributed by atoms with van der Waals surface area (Å²) >= 11 is 0. The van der Waals surface area contributed by atoms with E-state index >= 15 is 0 Å². The third-order valence-corrected chi connectivity index (χ3v) is 13.6. The molecule has 0 aliphatic heterocycles. The normalized spacial score (nSPS) is 21.6. The van der Waals surface area contributed by atoms with Gasteiger partial charge in [0.1, 0.15) is 43.2 Å². The highest BCUT2D eigenvalue weighted by Gasteiger charge is 2.56. The summed E-state index contributed by atoms with van der Waals surface area (Å²) in [6, 6.07) is 0. The van der Waals surface area contributed by atoms with Crippen molar-refractivity contribution in [3.8, 4) is 0 Å². The number of phosphoric ester groups is 3. The standard InChI is InChI=1S/C45H87O19P3/c1-3-5-7-9-11-13-15-17-19-21-23-25-27-29-31-33-38(46)59-35-37(61-39(47)34-32-30-28-26-24-22-20-18-16-14-12-10-8-6-4-2)36-60-67(57,58)64-43-40(48)41(49)44(62-65(51,52)53)45(42(43)50)63-66(54,55)56/h13,15,37,40-45,48-50H,3-12,14,16-36H2,1-2H3,(H,57,58)(H2,51,52,53)(H2,54,55,56). The van der Waals surface area contributed by atoms with Gasteiger partial charge in [-0.15, -0.1) is 0 Å². The monoisotopic (exact) mass is 1020 g/mol. The lowest BCUT2D eigenvalue weighted by atomic mass is 9.85. The van der Waals surface area contributed by atoms with Crippen LogP contribution in [0.15, 0.2) is 12.2 Å². The molecule has 8 unspecified atom stereocenters. The number of hydrogen-bond donors (Lipinski definition) is 8. The van der Waals surface area contributed by atoms with Crippen LogP contribution in [-0.4, -0.2) is 108 Å². The maximum atomic E-state index is 13.1. The van der Waals surface area contributed by atoms with Crippen LogP contribution >= 0.6 is 23.5 Å². The van der Waals surface area contributed by atoms with Crippen LogP contribution in [0, 0.1) is 0 Å². The van der Waals surface area contributed by atoms with Crippen molar-refractivity contribution in [3.05, 3.63) is 12.2 Å². The molecule has 1 aliphatic rings. The molecule has 22 heteroatoms. The van der Waals surface area contributed by atoms with Gasteiger partial charge >= 0.3 is 35.4 Å². The summed E-state index contributed by atoms with van der Waals surface area (Å²) < 4.78 is 65.5. The number of allylic oxidation sites excluding steroid dienone is 2. The molecule has 0 heterocycles. The Balaban J connectivity index is 2.70. The molecule has 8 N–H and O–H groups in total. The van der Waals surface area contributed by atoms with Crippen LogP contribution in [0.1, 0.15) is 206 Å². The Kier molecular flexibility index (Phi) is 35.9. The Morgan fingerprint density at radius 2 is 0.821 bits per heavy atom. The third kappa shape index (κ3) is 34.0. The van der Waals surface area contributed by atoms with E-state index in [1.54, 1.807) is 0 Å². The smallest absolute Gasteiger partial charge is 0.462 e. The molecule has 0 radical (unpaired) electrons.